The van der Waals surface area contributed by atoms with Crippen molar-refractivity contribution in [3.63, 3.8) is 0 Å². The Labute approximate surface area is 139 Å². The Balaban J connectivity index is 1.90. The van der Waals surface area contributed by atoms with E-state index in [1.54, 1.807) is 0 Å². The first kappa shape index (κ1) is 17.4. The average molecular weight is 339 g/mol. The standard InChI is InChI=1S/C15H19ClN4O3/c1-15(2,11-3-5-12(16)6-4-11)17-8-14(21)10-19-9-13(7-18-19)20(22)23/h3-7,9,14,17,21H,8,10H2,1-2H3/t14-/m1/s1. The van der Waals surface area contributed by atoms with E-state index in [9.17, 15) is 15.2 Å². The van der Waals surface area contributed by atoms with Gasteiger partial charge in [0.05, 0.1) is 17.6 Å². The molecule has 2 rings (SSSR count). The van der Waals surface area contributed by atoms with E-state index in [2.05, 4.69) is 10.4 Å². The number of aliphatic hydroxyl groups excluding tert-OH is 1. The summed E-state index contributed by atoms with van der Waals surface area (Å²) in [5.74, 6) is 0. The maximum atomic E-state index is 10.6. The van der Waals surface area contributed by atoms with Crippen molar-refractivity contribution in [1.29, 1.82) is 0 Å². The lowest BCUT2D eigenvalue weighted by molar-refractivity contribution is -0.385. The molecule has 0 amide bonds. The smallest absolute Gasteiger partial charge is 0.306 e. The topological polar surface area (TPSA) is 93.2 Å². The molecule has 0 aliphatic carbocycles. The molecule has 0 fully saturated rings. The molecule has 23 heavy (non-hydrogen) atoms. The minimum Gasteiger partial charge on any atom is -0.390 e. The Morgan fingerprint density at radius 2 is 2.09 bits per heavy atom. The zero-order valence-electron chi connectivity index (χ0n) is 12.9. The third-order valence-corrected chi connectivity index (χ3v) is 3.83. The van der Waals surface area contributed by atoms with E-state index in [0.717, 1.165) is 11.8 Å². The van der Waals surface area contributed by atoms with E-state index in [4.69, 9.17) is 11.6 Å². The number of nitrogens with zero attached hydrogens (tertiary/aromatic N) is 3. The van der Waals surface area contributed by atoms with Crippen molar-refractivity contribution in [2.24, 2.45) is 0 Å². The lowest BCUT2D eigenvalue weighted by atomic mass is 9.94. The molecular weight excluding hydrogens is 320 g/mol. The van der Waals surface area contributed by atoms with E-state index in [0.29, 0.717) is 11.6 Å². The summed E-state index contributed by atoms with van der Waals surface area (Å²) in [5, 5.41) is 28.5. The zero-order chi connectivity index (χ0) is 17.0. The van der Waals surface area contributed by atoms with E-state index < -0.39 is 11.0 Å². The lowest BCUT2D eigenvalue weighted by Gasteiger charge is -2.28. The fourth-order valence-corrected chi connectivity index (χ4v) is 2.29. The summed E-state index contributed by atoms with van der Waals surface area (Å²) in [6.07, 6.45) is 1.74. The van der Waals surface area contributed by atoms with Gasteiger partial charge in [0, 0.05) is 17.1 Å². The van der Waals surface area contributed by atoms with Gasteiger partial charge in [-0.3, -0.25) is 14.8 Å². The van der Waals surface area contributed by atoms with Crippen LogP contribution in [0.15, 0.2) is 36.7 Å². The molecule has 1 heterocycles. The van der Waals surface area contributed by atoms with Crippen LogP contribution >= 0.6 is 11.6 Å². The molecule has 0 spiro atoms. The normalized spacial score (nSPS) is 13.0. The van der Waals surface area contributed by atoms with Crippen LogP contribution in [0.25, 0.3) is 0 Å². The van der Waals surface area contributed by atoms with Crippen molar-refractivity contribution in [3.05, 3.63) is 57.4 Å². The van der Waals surface area contributed by atoms with Crippen molar-refractivity contribution in [2.45, 2.75) is 32.0 Å². The first-order valence-corrected chi connectivity index (χ1v) is 7.52. The van der Waals surface area contributed by atoms with Gasteiger partial charge in [-0.2, -0.15) is 5.10 Å². The maximum Gasteiger partial charge on any atom is 0.306 e. The molecule has 124 valence electrons. The van der Waals surface area contributed by atoms with Crippen molar-refractivity contribution in [1.82, 2.24) is 15.1 Å². The molecule has 0 aliphatic rings. The van der Waals surface area contributed by atoms with Crippen LogP contribution in [0.5, 0.6) is 0 Å². The van der Waals surface area contributed by atoms with Crippen molar-refractivity contribution < 1.29 is 10.0 Å². The number of aliphatic hydroxyl groups is 1. The molecule has 2 N–H and O–H groups in total. The molecule has 0 unspecified atom stereocenters. The van der Waals surface area contributed by atoms with Gasteiger partial charge in [0.2, 0.25) is 0 Å². The maximum absolute atomic E-state index is 10.6. The van der Waals surface area contributed by atoms with Gasteiger partial charge < -0.3 is 10.4 Å². The zero-order valence-corrected chi connectivity index (χ0v) is 13.7. The number of nitrogens with one attached hydrogen (secondary N) is 1. The van der Waals surface area contributed by atoms with Crippen LogP contribution in [0.4, 0.5) is 5.69 Å². The lowest BCUT2D eigenvalue weighted by Crippen LogP contribution is -2.42. The van der Waals surface area contributed by atoms with Crippen LogP contribution in [-0.2, 0) is 12.1 Å². The van der Waals surface area contributed by atoms with Gasteiger partial charge in [-0.15, -0.1) is 0 Å². The van der Waals surface area contributed by atoms with E-state index in [1.165, 1.54) is 10.9 Å². The SMILES string of the molecule is CC(C)(NC[C@@H](O)Cn1cc([N+](=O)[O-])cn1)c1ccc(Cl)cc1. The summed E-state index contributed by atoms with van der Waals surface area (Å²) in [6, 6.07) is 7.50. The van der Waals surface area contributed by atoms with Gasteiger partial charge in [-0.05, 0) is 31.5 Å². The summed E-state index contributed by atoms with van der Waals surface area (Å²) >= 11 is 5.89. The highest BCUT2D eigenvalue weighted by molar-refractivity contribution is 6.30. The molecule has 0 aliphatic heterocycles. The van der Waals surface area contributed by atoms with E-state index in [-0.39, 0.29) is 17.8 Å². The van der Waals surface area contributed by atoms with Gasteiger partial charge in [0.1, 0.15) is 12.4 Å². The molecule has 0 bridgehead atoms. The molecule has 2 aromatic rings. The van der Waals surface area contributed by atoms with Crippen LogP contribution in [-0.4, -0.2) is 32.5 Å². The third-order valence-electron chi connectivity index (χ3n) is 3.57. The Morgan fingerprint density at radius 3 is 2.65 bits per heavy atom. The Morgan fingerprint density at radius 1 is 1.43 bits per heavy atom. The molecule has 0 radical (unpaired) electrons. The molecule has 1 aromatic heterocycles. The average Bonchev–Trinajstić information content (AvgIpc) is 2.94. The highest BCUT2D eigenvalue weighted by atomic mass is 35.5. The number of hydrogen-bond acceptors (Lipinski definition) is 5. The first-order valence-electron chi connectivity index (χ1n) is 7.14. The number of rotatable bonds is 7. The van der Waals surface area contributed by atoms with Crippen molar-refractivity contribution in [3.8, 4) is 0 Å². The highest BCUT2D eigenvalue weighted by Gasteiger charge is 2.21. The highest BCUT2D eigenvalue weighted by Crippen LogP contribution is 2.21. The summed E-state index contributed by atoms with van der Waals surface area (Å²) in [7, 11) is 0. The van der Waals surface area contributed by atoms with Gasteiger partial charge in [0.15, 0.2) is 0 Å². The molecule has 7 nitrogen and oxygen atoms in total. The fourth-order valence-electron chi connectivity index (χ4n) is 2.17. The second kappa shape index (κ2) is 7.08. The van der Waals surface area contributed by atoms with Crippen LogP contribution < -0.4 is 5.32 Å². The minimum absolute atomic E-state index is 0.0911. The Kier molecular flexibility index (Phi) is 5.35. The summed E-state index contributed by atoms with van der Waals surface area (Å²) < 4.78 is 1.36. The fraction of sp³-hybridized carbons (Fsp3) is 0.400. The summed E-state index contributed by atoms with van der Waals surface area (Å²) in [5.41, 5.74) is 0.609. The number of aromatic nitrogens is 2. The third kappa shape index (κ3) is 4.75. The van der Waals surface area contributed by atoms with Gasteiger partial charge in [-0.1, -0.05) is 23.7 Å². The van der Waals surface area contributed by atoms with Crippen LogP contribution in [0, 0.1) is 10.1 Å². The van der Waals surface area contributed by atoms with E-state index >= 15 is 0 Å². The van der Waals surface area contributed by atoms with Gasteiger partial charge in [-0.25, -0.2) is 0 Å². The van der Waals surface area contributed by atoms with Crippen molar-refractivity contribution in [2.75, 3.05) is 6.54 Å². The number of halogens is 1. The van der Waals surface area contributed by atoms with Gasteiger partial charge in [0.25, 0.3) is 0 Å². The monoisotopic (exact) mass is 338 g/mol. The quantitative estimate of drug-likeness (QED) is 0.597. The molecule has 8 heteroatoms. The molecule has 0 saturated heterocycles. The van der Waals surface area contributed by atoms with Crippen LogP contribution in [0.3, 0.4) is 0 Å². The predicted molar refractivity (Wildman–Crippen MR) is 87.4 cm³/mol. The summed E-state index contributed by atoms with van der Waals surface area (Å²) in [4.78, 5) is 10.1. The Bertz CT molecular complexity index is 670. The van der Waals surface area contributed by atoms with Crippen LogP contribution in [0.2, 0.25) is 5.02 Å². The number of nitro groups is 1. The largest absolute Gasteiger partial charge is 0.390 e. The second-order valence-corrected chi connectivity index (χ2v) is 6.28. The minimum atomic E-state index is -0.721. The van der Waals surface area contributed by atoms with E-state index in [1.807, 2.05) is 38.1 Å². The summed E-state index contributed by atoms with van der Waals surface area (Å²) in [6.45, 7) is 4.50. The number of benzene rings is 1. The molecule has 0 saturated carbocycles. The second-order valence-electron chi connectivity index (χ2n) is 5.84. The van der Waals surface area contributed by atoms with Crippen molar-refractivity contribution >= 4 is 17.3 Å². The number of hydrogen-bond donors (Lipinski definition) is 2. The molecule has 1 atom stereocenters. The molecule has 1 aromatic carbocycles. The Hall–Kier alpha value is -1.96. The molecular formula is C15H19ClN4O3. The predicted octanol–water partition coefficient (Wildman–Crippen LogP) is 2.33. The van der Waals surface area contributed by atoms with Gasteiger partial charge >= 0.3 is 5.69 Å². The first-order chi connectivity index (χ1) is 10.8. The van der Waals surface area contributed by atoms with Crippen LogP contribution in [0.1, 0.15) is 19.4 Å².